The quantitative estimate of drug-likeness (QED) is 0.570. The fourth-order valence-electron chi connectivity index (χ4n) is 2.73. The lowest BCUT2D eigenvalue weighted by Gasteiger charge is -1.96. The van der Waals surface area contributed by atoms with Gasteiger partial charge in [0.15, 0.2) is 0 Å². The van der Waals surface area contributed by atoms with Crippen molar-refractivity contribution in [1.82, 2.24) is 9.97 Å². The number of rotatable bonds is 2. The van der Waals surface area contributed by atoms with E-state index in [-0.39, 0.29) is 10.4 Å². The number of hydrogen-bond acceptors (Lipinski definition) is 4. The van der Waals surface area contributed by atoms with Gasteiger partial charge in [-0.3, -0.25) is 9.59 Å². The van der Waals surface area contributed by atoms with Crippen LogP contribution in [0.15, 0.2) is 64.2 Å². The number of hydrogen-bond donors (Lipinski definition) is 0. The fourth-order valence-corrected chi connectivity index (χ4v) is 2.92. The zero-order valence-corrected chi connectivity index (χ0v) is 12.5. The molecule has 0 fully saturated rings. The molecule has 2 aromatic carbocycles. The van der Waals surface area contributed by atoms with Gasteiger partial charge in [-0.1, -0.05) is 54.1 Å². The third kappa shape index (κ3) is 2.15. The lowest BCUT2D eigenvalue weighted by Crippen LogP contribution is -2.04. The highest BCUT2D eigenvalue weighted by Crippen LogP contribution is 2.24. The van der Waals surface area contributed by atoms with Crippen LogP contribution in [0.4, 0.5) is 0 Å². The van der Waals surface area contributed by atoms with Gasteiger partial charge in [-0.2, -0.15) is 0 Å². The minimum absolute atomic E-state index is 0.260. The molecule has 2 aliphatic heterocycles. The second kappa shape index (κ2) is 5.11. The summed E-state index contributed by atoms with van der Waals surface area (Å²) in [6, 6.07) is 16.1. The van der Waals surface area contributed by atoms with Crippen LogP contribution in [0, 0.1) is 10.4 Å². The van der Waals surface area contributed by atoms with Crippen LogP contribution >= 0.6 is 11.6 Å². The molecule has 0 atom stereocenters. The summed E-state index contributed by atoms with van der Waals surface area (Å²) < 4.78 is 0. The highest BCUT2D eigenvalue weighted by molar-refractivity contribution is 6.30. The van der Waals surface area contributed by atoms with E-state index >= 15 is 0 Å². The first-order valence-electron chi connectivity index (χ1n) is 6.97. The molecule has 5 heteroatoms. The van der Waals surface area contributed by atoms with Crippen molar-refractivity contribution < 1.29 is 0 Å². The predicted octanol–water partition coefficient (Wildman–Crippen LogP) is 2.78. The summed E-state index contributed by atoms with van der Waals surface area (Å²) in [5.41, 5.74) is 1.20. The standard InChI is InChI=1S/C18H9ClN2O2/c19-12-8-4-7-11(9-12)16-14-13(17(22)21-16)15(20-18(14)23)10-5-2-1-3-6-10/h1-9H. The van der Waals surface area contributed by atoms with Gasteiger partial charge in [-0.25, -0.2) is 9.97 Å². The summed E-state index contributed by atoms with van der Waals surface area (Å²) in [4.78, 5) is 32.8. The molecule has 4 rings (SSSR count). The van der Waals surface area contributed by atoms with Gasteiger partial charge < -0.3 is 0 Å². The lowest BCUT2D eigenvalue weighted by molar-refractivity contribution is 1.23. The van der Waals surface area contributed by atoms with Crippen LogP contribution < -0.4 is 11.1 Å². The number of halogens is 1. The summed E-state index contributed by atoms with van der Waals surface area (Å²) in [5, 5.41) is 1.05. The summed E-state index contributed by atoms with van der Waals surface area (Å²) in [6.45, 7) is 0. The molecule has 4 nitrogen and oxygen atoms in total. The maximum Gasteiger partial charge on any atom is 0.280 e. The van der Waals surface area contributed by atoms with Gasteiger partial charge in [0, 0.05) is 16.1 Å². The molecule has 0 aromatic heterocycles. The van der Waals surface area contributed by atoms with Gasteiger partial charge >= 0.3 is 0 Å². The van der Waals surface area contributed by atoms with Crippen molar-refractivity contribution in [1.29, 1.82) is 0 Å². The van der Waals surface area contributed by atoms with Gasteiger partial charge in [0.2, 0.25) is 0 Å². The molecule has 0 saturated carbocycles. The van der Waals surface area contributed by atoms with E-state index in [1.165, 1.54) is 0 Å². The Kier molecular flexibility index (Phi) is 3.06. The smallest absolute Gasteiger partial charge is 0.267 e. The van der Waals surface area contributed by atoms with E-state index in [1.807, 2.05) is 30.3 Å². The lowest BCUT2D eigenvalue weighted by atomic mass is 10.1. The molecule has 0 N–H and O–H groups in total. The average molecular weight is 321 g/mol. The normalized spacial score (nSPS) is 11.2. The van der Waals surface area contributed by atoms with Crippen LogP contribution in [-0.4, -0.2) is 9.97 Å². The topological polar surface area (TPSA) is 59.9 Å². The third-order valence-corrected chi connectivity index (χ3v) is 3.96. The minimum Gasteiger partial charge on any atom is -0.267 e. The Morgan fingerprint density at radius 3 is 1.87 bits per heavy atom. The van der Waals surface area contributed by atoms with Crippen LogP contribution in [0.5, 0.6) is 0 Å². The van der Waals surface area contributed by atoms with Gasteiger partial charge in [0.25, 0.3) is 11.1 Å². The summed E-state index contributed by atoms with van der Waals surface area (Å²) in [6.07, 6.45) is 0. The molecular formula is C18H9ClN2O2. The molecule has 0 aliphatic carbocycles. The Labute approximate surface area is 135 Å². The van der Waals surface area contributed by atoms with Gasteiger partial charge in [-0.15, -0.1) is 0 Å². The Morgan fingerprint density at radius 1 is 0.696 bits per heavy atom. The third-order valence-electron chi connectivity index (χ3n) is 3.72. The Morgan fingerprint density at radius 2 is 1.26 bits per heavy atom. The number of aromatic nitrogens is 2. The largest absolute Gasteiger partial charge is 0.280 e. The fraction of sp³-hybridized carbons (Fsp3) is 0. The summed E-state index contributed by atoms with van der Waals surface area (Å²) in [5.74, 6) is 0. The van der Waals surface area contributed by atoms with Crippen molar-refractivity contribution in [2.75, 3.05) is 0 Å². The van der Waals surface area contributed by atoms with E-state index in [2.05, 4.69) is 9.97 Å². The van der Waals surface area contributed by atoms with Crippen molar-refractivity contribution in [3.05, 3.63) is 90.8 Å². The monoisotopic (exact) mass is 320 g/mol. The molecule has 23 heavy (non-hydrogen) atoms. The SMILES string of the molecule is O=c1nc(-c2cccc(Cl)c2)c2c(=O)nc(-c3ccccc3)c1=2. The first kappa shape index (κ1) is 13.8. The summed E-state index contributed by atoms with van der Waals surface area (Å²) in [7, 11) is 0. The Bertz CT molecular complexity index is 1160. The molecule has 0 unspecified atom stereocenters. The molecule has 2 aromatic rings. The zero-order valence-electron chi connectivity index (χ0n) is 11.8. The van der Waals surface area contributed by atoms with Gasteiger partial charge in [0.1, 0.15) is 0 Å². The van der Waals surface area contributed by atoms with Crippen LogP contribution in [-0.2, 0) is 0 Å². The van der Waals surface area contributed by atoms with Crippen LogP contribution in [0.1, 0.15) is 0 Å². The van der Waals surface area contributed by atoms with E-state index in [0.29, 0.717) is 22.0 Å². The molecular weight excluding hydrogens is 312 g/mol. The maximum atomic E-state index is 12.3. The molecule has 2 heterocycles. The first-order valence-corrected chi connectivity index (χ1v) is 7.35. The van der Waals surface area contributed by atoms with Crippen LogP contribution in [0.2, 0.25) is 5.02 Å². The molecule has 0 bridgehead atoms. The molecule has 0 spiro atoms. The van der Waals surface area contributed by atoms with E-state index in [4.69, 9.17) is 11.6 Å². The second-order valence-corrected chi connectivity index (χ2v) is 5.59. The van der Waals surface area contributed by atoms with Gasteiger partial charge in [-0.05, 0) is 12.1 Å². The van der Waals surface area contributed by atoms with Crippen molar-refractivity contribution in [3.8, 4) is 22.5 Å². The minimum atomic E-state index is -0.441. The predicted molar refractivity (Wildman–Crippen MR) is 88.1 cm³/mol. The molecule has 2 aliphatic rings. The maximum absolute atomic E-state index is 12.3. The second-order valence-electron chi connectivity index (χ2n) is 5.16. The molecule has 110 valence electrons. The average Bonchev–Trinajstić information content (AvgIpc) is 3.08. The van der Waals surface area contributed by atoms with E-state index in [0.717, 1.165) is 5.56 Å². The van der Waals surface area contributed by atoms with Crippen molar-refractivity contribution >= 4 is 11.6 Å². The molecule has 0 radical (unpaired) electrons. The number of nitrogens with zero attached hydrogens (tertiary/aromatic N) is 2. The Hall–Kier alpha value is -2.85. The molecule has 0 saturated heterocycles. The van der Waals surface area contributed by atoms with Crippen LogP contribution in [0.3, 0.4) is 0 Å². The van der Waals surface area contributed by atoms with E-state index in [9.17, 15) is 9.59 Å². The number of benzene rings is 2. The zero-order chi connectivity index (χ0) is 16.0. The Balaban J connectivity index is 2.10. The van der Waals surface area contributed by atoms with Gasteiger partial charge in [0.05, 0.1) is 21.8 Å². The first-order chi connectivity index (χ1) is 11.1. The summed E-state index contributed by atoms with van der Waals surface area (Å²) >= 11 is 5.99. The van der Waals surface area contributed by atoms with Crippen molar-refractivity contribution in [3.63, 3.8) is 0 Å². The van der Waals surface area contributed by atoms with E-state index < -0.39 is 11.1 Å². The van der Waals surface area contributed by atoms with Crippen molar-refractivity contribution in [2.45, 2.75) is 0 Å². The molecule has 0 amide bonds. The van der Waals surface area contributed by atoms with Crippen LogP contribution in [0.25, 0.3) is 22.5 Å². The highest BCUT2D eigenvalue weighted by Gasteiger charge is 2.19. The van der Waals surface area contributed by atoms with Crippen molar-refractivity contribution in [2.24, 2.45) is 0 Å². The van der Waals surface area contributed by atoms with E-state index in [1.54, 1.807) is 24.3 Å². The highest BCUT2D eigenvalue weighted by atomic mass is 35.5.